The van der Waals surface area contributed by atoms with Crippen LogP contribution < -0.4 is 0 Å². The van der Waals surface area contributed by atoms with Gasteiger partial charge in [0.25, 0.3) is 0 Å². The highest BCUT2D eigenvalue weighted by Crippen LogP contribution is 2.28. The second-order valence-electron chi connectivity index (χ2n) is 6.25. The molecule has 0 spiro atoms. The Morgan fingerprint density at radius 2 is 2.00 bits per heavy atom. The van der Waals surface area contributed by atoms with Crippen molar-refractivity contribution >= 4 is 29.9 Å². The van der Waals surface area contributed by atoms with Gasteiger partial charge in [0.15, 0.2) is 6.29 Å². The summed E-state index contributed by atoms with van der Waals surface area (Å²) < 4.78 is 1.91. The molecular formula is C22H19ClN2O3. The van der Waals surface area contributed by atoms with Crippen LogP contribution in [0.2, 0.25) is 5.15 Å². The third-order valence-corrected chi connectivity index (χ3v) is 4.51. The van der Waals surface area contributed by atoms with Gasteiger partial charge in [-0.15, -0.1) is 0 Å². The molecule has 0 saturated carbocycles. The quantitative estimate of drug-likeness (QED) is 0.560. The van der Waals surface area contributed by atoms with Gasteiger partial charge in [-0.05, 0) is 41.3 Å². The number of halogens is 1. The molecule has 0 saturated heterocycles. The van der Waals surface area contributed by atoms with Gasteiger partial charge in [0.05, 0.1) is 5.56 Å². The Morgan fingerprint density at radius 3 is 2.71 bits per heavy atom. The first kappa shape index (κ1) is 19.6. The maximum absolute atomic E-state index is 11.7. The molecule has 3 aromatic rings. The molecule has 0 atom stereocenters. The van der Waals surface area contributed by atoms with Crippen LogP contribution in [-0.2, 0) is 6.54 Å². The minimum absolute atomic E-state index is 0.159. The highest BCUT2D eigenvalue weighted by Gasteiger charge is 2.14. The highest BCUT2D eigenvalue weighted by molar-refractivity contribution is 6.29. The molecular weight excluding hydrogens is 376 g/mol. The Kier molecular flexibility index (Phi) is 6.06. The Balaban J connectivity index is 1.99. The monoisotopic (exact) mass is 394 g/mol. The Bertz CT molecular complexity index is 1050. The second kappa shape index (κ2) is 8.67. The van der Waals surface area contributed by atoms with E-state index in [1.54, 1.807) is 36.5 Å². The zero-order valence-electron chi connectivity index (χ0n) is 15.3. The first-order valence-electron chi connectivity index (χ1n) is 8.83. The van der Waals surface area contributed by atoms with E-state index in [1.807, 2.05) is 29.7 Å². The number of aromatic carboxylic acids is 1. The number of aromatic nitrogens is 2. The lowest BCUT2D eigenvalue weighted by molar-refractivity contribution is 0.0697. The maximum atomic E-state index is 11.7. The maximum Gasteiger partial charge on any atom is 0.336 e. The van der Waals surface area contributed by atoms with Crippen molar-refractivity contribution in [1.29, 1.82) is 0 Å². The lowest BCUT2D eigenvalue weighted by atomic mass is 9.94. The van der Waals surface area contributed by atoms with Crippen molar-refractivity contribution in [3.8, 4) is 11.1 Å². The molecule has 0 aliphatic heterocycles. The number of allylic oxidation sites excluding steroid dienone is 1. The molecule has 5 nitrogen and oxygen atoms in total. The average Bonchev–Trinajstić information content (AvgIpc) is 3.05. The van der Waals surface area contributed by atoms with Gasteiger partial charge in [-0.1, -0.05) is 54.9 Å². The van der Waals surface area contributed by atoms with E-state index in [0.717, 1.165) is 24.1 Å². The standard InChI is InChI=1S/C22H19ClN2O3/c1-2-3-8-21-24-20(23)13-25(21)12-15-9-10-17(16(11-15)14-26)18-6-4-5-7-19(18)22(27)28/h3-11,13-14H,2,12H2,1H3,(H,27,28)/b8-3+. The summed E-state index contributed by atoms with van der Waals surface area (Å²) in [6.07, 6.45) is 7.28. The number of rotatable bonds is 7. The van der Waals surface area contributed by atoms with Gasteiger partial charge in [-0.25, -0.2) is 9.78 Å². The predicted octanol–water partition coefficient (Wildman–Crippen LogP) is 5.19. The number of carboxylic acids is 1. The minimum Gasteiger partial charge on any atom is -0.478 e. The number of benzene rings is 2. The number of hydrogen-bond donors (Lipinski definition) is 1. The molecule has 0 unspecified atom stereocenters. The van der Waals surface area contributed by atoms with Crippen LogP contribution in [0.3, 0.4) is 0 Å². The SMILES string of the molecule is CC/C=C/c1nc(Cl)cn1Cc1ccc(-c2ccccc2C(=O)O)c(C=O)c1. The van der Waals surface area contributed by atoms with Gasteiger partial charge >= 0.3 is 5.97 Å². The molecule has 142 valence electrons. The smallest absolute Gasteiger partial charge is 0.336 e. The topological polar surface area (TPSA) is 72.2 Å². The van der Waals surface area contributed by atoms with E-state index in [2.05, 4.69) is 4.98 Å². The van der Waals surface area contributed by atoms with Gasteiger partial charge in [-0.3, -0.25) is 4.79 Å². The summed E-state index contributed by atoms with van der Waals surface area (Å²) in [6, 6.07) is 12.1. The number of nitrogens with zero attached hydrogens (tertiary/aromatic N) is 2. The molecule has 1 N–H and O–H groups in total. The number of carboxylic acid groups (broad SMARTS) is 1. The third kappa shape index (κ3) is 4.21. The van der Waals surface area contributed by atoms with E-state index < -0.39 is 5.97 Å². The summed E-state index contributed by atoms with van der Waals surface area (Å²) in [4.78, 5) is 27.5. The third-order valence-electron chi connectivity index (χ3n) is 4.32. The highest BCUT2D eigenvalue weighted by atomic mass is 35.5. The van der Waals surface area contributed by atoms with Crippen LogP contribution in [0.5, 0.6) is 0 Å². The molecule has 2 aromatic carbocycles. The molecule has 0 amide bonds. The second-order valence-corrected chi connectivity index (χ2v) is 6.64. The zero-order chi connectivity index (χ0) is 20.1. The Hall–Kier alpha value is -3.18. The Morgan fingerprint density at radius 1 is 1.21 bits per heavy atom. The zero-order valence-corrected chi connectivity index (χ0v) is 16.1. The predicted molar refractivity (Wildman–Crippen MR) is 110 cm³/mol. The van der Waals surface area contributed by atoms with E-state index in [-0.39, 0.29) is 5.56 Å². The largest absolute Gasteiger partial charge is 0.478 e. The molecule has 28 heavy (non-hydrogen) atoms. The van der Waals surface area contributed by atoms with Gasteiger partial charge < -0.3 is 9.67 Å². The molecule has 0 aliphatic rings. The van der Waals surface area contributed by atoms with Crippen molar-refractivity contribution in [2.45, 2.75) is 19.9 Å². The fraction of sp³-hybridized carbons (Fsp3) is 0.136. The van der Waals surface area contributed by atoms with E-state index in [4.69, 9.17) is 11.6 Å². The molecule has 0 radical (unpaired) electrons. The summed E-state index contributed by atoms with van der Waals surface area (Å²) in [6.45, 7) is 2.53. The van der Waals surface area contributed by atoms with Crippen LogP contribution in [0.25, 0.3) is 17.2 Å². The van der Waals surface area contributed by atoms with Gasteiger partial charge in [0.1, 0.15) is 11.0 Å². The molecule has 0 aliphatic carbocycles. The fourth-order valence-electron chi connectivity index (χ4n) is 3.03. The van der Waals surface area contributed by atoms with Crippen LogP contribution >= 0.6 is 11.6 Å². The van der Waals surface area contributed by atoms with Crippen molar-refractivity contribution < 1.29 is 14.7 Å². The van der Waals surface area contributed by atoms with Crippen LogP contribution in [0, 0.1) is 0 Å². The molecule has 3 rings (SSSR count). The number of carbonyl (C=O) groups is 2. The van der Waals surface area contributed by atoms with Crippen molar-refractivity contribution in [2.75, 3.05) is 0 Å². The summed E-state index contributed by atoms with van der Waals surface area (Å²) in [5, 5.41) is 9.83. The van der Waals surface area contributed by atoms with Crippen molar-refractivity contribution in [1.82, 2.24) is 9.55 Å². The molecule has 0 fully saturated rings. The summed E-state index contributed by atoms with van der Waals surface area (Å²) in [5.74, 6) is -0.295. The van der Waals surface area contributed by atoms with Crippen molar-refractivity contribution in [3.05, 3.63) is 82.4 Å². The van der Waals surface area contributed by atoms with Crippen LogP contribution in [-0.4, -0.2) is 26.9 Å². The minimum atomic E-state index is -1.03. The number of carbonyl (C=O) groups excluding carboxylic acids is 1. The molecule has 6 heteroatoms. The lowest BCUT2D eigenvalue weighted by Crippen LogP contribution is -2.04. The van der Waals surface area contributed by atoms with Gasteiger partial charge in [0.2, 0.25) is 0 Å². The first-order chi connectivity index (χ1) is 13.5. The average molecular weight is 395 g/mol. The van der Waals surface area contributed by atoms with E-state index in [9.17, 15) is 14.7 Å². The van der Waals surface area contributed by atoms with Gasteiger partial charge in [0, 0.05) is 18.3 Å². The van der Waals surface area contributed by atoms with Gasteiger partial charge in [-0.2, -0.15) is 0 Å². The number of imidazole rings is 1. The lowest BCUT2D eigenvalue weighted by Gasteiger charge is -2.11. The van der Waals surface area contributed by atoms with Crippen LogP contribution in [0.1, 0.15) is 45.4 Å². The molecule has 0 bridgehead atoms. The molecule has 1 aromatic heterocycles. The Labute approximate surface area is 167 Å². The summed E-state index contributed by atoms with van der Waals surface area (Å²) in [5.41, 5.74) is 2.58. The van der Waals surface area contributed by atoms with E-state index in [1.165, 1.54) is 6.07 Å². The van der Waals surface area contributed by atoms with Crippen molar-refractivity contribution in [2.24, 2.45) is 0 Å². The summed E-state index contributed by atoms with van der Waals surface area (Å²) >= 11 is 6.04. The summed E-state index contributed by atoms with van der Waals surface area (Å²) in [7, 11) is 0. The molecule has 1 heterocycles. The van der Waals surface area contributed by atoms with Crippen molar-refractivity contribution in [3.63, 3.8) is 0 Å². The van der Waals surface area contributed by atoms with Crippen LogP contribution in [0.4, 0.5) is 0 Å². The van der Waals surface area contributed by atoms with Crippen LogP contribution in [0.15, 0.2) is 54.7 Å². The van der Waals surface area contributed by atoms with E-state index >= 15 is 0 Å². The fourth-order valence-corrected chi connectivity index (χ4v) is 3.24. The van der Waals surface area contributed by atoms with E-state index in [0.29, 0.717) is 28.4 Å². The number of hydrogen-bond acceptors (Lipinski definition) is 3. The number of aldehydes is 1. The first-order valence-corrected chi connectivity index (χ1v) is 9.21. The normalized spacial score (nSPS) is 11.1.